The highest BCUT2D eigenvalue weighted by atomic mass is 32.1. The maximum atomic E-state index is 11.7. The van der Waals surface area contributed by atoms with E-state index < -0.39 is 0 Å². The van der Waals surface area contributed by atoms with Gasteiger partial charge in [0, 0.05) is 5.56 Å². The fraction of sp³-hybridized carbons (Fsp3) is 0.333. The SMILES string of the molecule is CCCc1c(-c2sccc2C)nc[nH]c1=O. The molecule has 0 aliphatic heterocycles. The molecule has 0 saturated heterocycles. The van der Waals surface area contributed by atoms with Crippen molar-refractivity contribution in [3.63, 3.8) is 0 Å². The first-order chi connectivity index (χ1) is 7.74. The number of aryl methyl sites for hydroxylation is 1. The van der Waals surface area contributed by atoms with Crippen LogP contribution in [0.2, 0.25) is 0 Å². The number of aromatic amines is 1. The molecule has 0 saturated carbocycles. The predicted molar refractivity (Wildman–Crippen MR) is 66.9 cm³/mol. The topological polar surface area (TPSA) is 45.8 Å². The van der Waals surface area contributed by atoms with Crippen molar-refractivity contribution in [3.05, 3.63) is 39.3 Å². The summed E-state index contributed by atoms with van der Waals surface area (Å²) in [4.78, 5) is 19.8. The lowest BCUT2D eigenvalue weighted by Gasteiger charge is -2.05. The first-order valence-corrected chi connectivity index (χ1v) is 6.23. The van der Waals surface area contributed by atoms with Gasteiger partial charge < -0.3 is 4.98 Å². The second-order valence-electron chi connectivity index (χ2n) is 3.74. The van der Waals surface area contributed by atoms with Gasteiger partial charge in [-0.2, -0.15) is 0 Å². The first-order valence-electron chi connectivity index (χ1n) is 5.35. The maximum Gasteiger partial charge on any atom is 0.254 e. The van der Waals surface area contributed by atoms with Crippen LogP contribution in [0.4, 0.5) is 0 Å². The smallest absolute Gasteiger partial charge is 0.254 e. The van der Waals surface area contributed by atoms with E-state index in [1.807, 2.05) is 12.3 Å². The highest BCUT2D eigenvalue weighted by Crippen LogP contribution is 2.28. The van der Waals surface area contributed by atoms with Crippen molar-refractivity contribution >= 4 is 11.3 Å². The van der Waals surface area contributed by atoms with E-state index in [1.54, 1.807) is 11.3 Å². The van der Waals surface area contributed by atoms with Crippen LogP contribution in [0.3, 0.4) is 0 Å². The average molecular weight is 234 g/mol. The minimum Gasteiger partial charge on any atom is -0.313 e. The minimum absolute atomic E-state index is 0.0142. The highest BCUT2D eigenvalue weighted by Gasteiger charge is 2.12. The van der Waals surface area contributed by atoms with Crippen LogP contribution in [-0.2, 0) is 6.42 Å². The normalized spacial score (nSPS) is 10.6. The monoisotopic (exact) mass is 234 g/mol. The van der Waals surface area contributed by atoms with Crippen LogP contribution >= 0.6 is 11.3 Å². The second-order valence-corrected chi connectivity index (χ2v) is 4.66. The number of hydrogen-bond acceptors (Lipinski definition) is 3. The minimum atomic E-state index is -0.0142. The molecule has 0 radical (unpaired) electrons. The van der Waals surface area contributed by atoms with E-state index in [4.69, 9.17) is 0 Å². The lowest BCUT2D eigenvalue weighted by Crippen LogP contribution is -2.14. The van der Waals surface area contributed by atoms with Crippen LogP contribution in [-0.4, -0.2) is 9.97 Å². The van der Waals surface area contributed by atoms with E-state index in [0.29, 0.717) is 0 Å². The molecule has 0 spiro atoms. The fourth-order valence-corrected chi connectivity index (χ4v) is 2.67. The van der Waals surface area contributed by atoms with E-state index in [2.05, 4.69) is 23.0 Å². The van der Waals surface area contributed by atoms with E-state index in [1.165, 1.54) is 11.9 Å². The van der Waals surface area contributed by atoms with Gasteiger partial charge in [-0.15, -0.1) is 11.3 Å². The second kappa shape index (κ2) is 4.61. The molecule has 0 aliphatic carbocycles. The average Bonchev–Trinajstić information content (AvgIpc) is 2.68. The van der Waals surface area contributed by atoms with Crippen LogP contribution in [0.15, 0.2) is 22.6 Å². The van der Waals surface area contributed by atoms with E-state index >= 15 is 0 Å². The van der Waals surface area contributed by atoms with Crippen molar-refractivity contribution in [1.82, 2.24) is 9.97 Å². The number of rotatable bonds is 3. The number of nitrogens with one attached hydrogen (secondary N) is 1. The van der Waals surface area contributed by atoms with Crippen molar-refractivity contribution in [2.24, 2.45) is 0 Å². The molecular formula is C12H14N2OS. The van der Waals surface area contributed by atoms with Crippen LogP contribution in [0.1, 0.15) is 24.5 Å². The molecular weight excluding hydrogens is 220 g/mol. The van der Waals surface area contributed by atoms with Gasteiger partial charge in [0.2, 0.25) is 0 Å². The fourth-order valence-electron chi connectivity index (χ4n) is 1.72. The van der Waals surface area contributed by atoms with E-state index in [9.17, 15) is 4.79 Å². The van der Waals surface area contributed by atoms with Gasteiger partial charge in [-0.1, -0.05) is 13.3 Å². The maximum absolute atomic E-state index is 11.7. The Kier molecular flexibility index (Phi) is 3.19. The van der Waals surface area contributed by atoms with Crippen molar-refractivity contribution in [2.45, 2.75) is 26.7 Å². The van der Waals surface area contributed by atoms with Crippen LogP contribution in [0, 0.1) is 6.92 Å². The van der Waals surface area contributed by atoms with Gasteiger partial charge in [0.05, 0.1) is 16.9 Å². The van der Waals surface area contributed by atoms with Crippen LogP contribution < -0.4 is 5.56 Å². The Hall–Kier alpha value is -1.42. The summed E-state index contributed by atoms with van der Waals surface area (Å²) in [6.45, 7) is 4.11. The zero-order valence-electron chi connectivity index (χ0n) is 9.41. The van der Waals surface area contributed by atoms with Gasteiger partial charge in [-0.3, -0.25) is 4.79 Å². The van der Waals surface area contributed by atoms with E-state index in [0.717, 1.165) is 29.0 Å². The largest absolute Gasteiger partial charge is 0.313 e. The lowest BCUT2D eigenvalue weighted by atomic mass is 10.1. The molecule has 2 heterocycles. The molecule has 0 aromatic carbocycles. The molecule has 1 N–H and O–H groups in total. The molecule has 0 aliphatic rings. The Morgan fingerprint density at radius 3 is 2.94 bits per heavy atom. The molecule has 3 nitrogen and oxygen atoms in total. The first kappa shape index (κ1) is 11.1. The zero-order valence-corrected chi connectivity index (χ0v) is 10.2. The molecule has 2 rings (SSSR count). The Balaban J connectivity index is 2.61. The van der Waals surface area contributed by atoms with Gasteiger partial charge in [0.1, 0.15) is 0 Å². The summed E-state index contributed by atoms with van der Waals surface area (Å²) in [6.07, 6.45) is 3.21. The summed E-state index contributed by atoms with van der Waals surface area (Å²) in [5, 5.41) is 2.03. The molecule has 0 unspecified atom stereocenters. The van der Waals surface area contributed by atoms with Gasteiger partial charge in [0.25, 0.3) is 5.56 Å². The Morgan fingerprint density at radius 2 is 2.31 bits per heavy atom. The number of thiophene rings is 1. The standard InChI is InChI=1S/C12H14N2OS/c1-3-4-9-10(13-7-14-12(9)15)11-8(2)5-6-16-11/h5-7H,3-4H2,1-2H3,(H,13,14,15). The van der Waals surface area contributed by atoms with Crippen molar-refractivity contribution in [3.8, 4) is 10.6 Å². The molecule has 2 aromatic heterocycles. The summed E-state index contributed by atoms with van der Waals surface area (Å²) in [6, 6.07) is 2.05. The molecule has 0 amide bonds. The molecule has 0 bridgehead atoms. The van der Waals surface area contributed by atoms with Gasteiger partial charge in [-0.25, -0.2) is 4.98 Å². The molecule has 2 aromatic rings. The third kappa shape index (κ3) is 1.93. The van der Waals surface area contributed by atoms with Gasteiger partial charge >= 0.3 is 0 Å². The van der Waals surface area contributed by atoms with Gasteiger partial charge in [-0.05, 0) is 30.4 Å². The molecule has 4 heteroatoms. The van der Waals surface area contributed by atoms with Crippen LogP contribution in [0.5, 0.6) is 0 Å². The number of aromatic nitrogens is 2. The van der Waals surface area contributed by atoms with Crippen molar-refractivity contribution < 1.29 is 0 Å². The number of hydrogen-bond donors (Lipinski definition) is 1. The summed E-state index contributed by atoms with van der Waals surface area (Å²) in [5.41, 5.74) is 2.81. The molecule has 0 fully saturated rings. The molecule has 84 valence electrons. The Labute approximate surface area is 98.2 Å². The quantitative estimate of drug-likeness (QED) is 0.887. The third-order valence-electron chi connectivity index (χ3n) is 2.53. The van der Waals surface area contributed by atoms with Crippen LogP contribution in [0.25, 0.3) is 10.6 Å². The number of H-pyrrole nitrogens is 1. The third-order valence-corrected chi connectivity index (χ3v) is 3.55. The Morgan fingerprint density at radius 1 is 1.50 bits per heavy atom. The van der Waals surface area contributed by atoms with Gasteiger partial charge in [0.15, 0.2) is 0 Å². The number of nitrogens with zero attached hydrogens (tertiary/aromatic N) is 1. The summed E-state index contributed by atoms with van der Waals surface area (Å²) in [5.74, 6) is 0. The van der Waals surface area contributed by atoms with Crippen molar-refractivity contribution in [2.75, 3.05) is 0 Å². The molecule has 0 atom stereocenters. The highest BCUT2D eigenvalue weighted by molar-refractivity contribution is 7.13. The van der Waals surface area contributed by atoms with Crippen molar-refractivity contribution in [1.29, 1.82) is 0 Å². The summed E-state index contributed by atoms with van der Waals surface area (Å²) in [7, 11) is 0. The predicted octanol–water partition coefficient (Wildman–Crippen LogP) is 2.76. The lowest BCUT2D eigenvalue weighted by molar-refractivity contribution is 0.889. The Bertz CT molecular complexity index is 542. The van der Waals surface area contributed by atoms with E-state index in [-0.39, 0.29) is 5.56 Å². The summed E-state index contributed by atoms with van der Waals surface area (Å²) < 4.78 is 0. The molecule has 16 heavy (non-hydrogen) atoms. The zero-order chi connectivity index (χ0) is 11.5. The summed E-state index contributed by atoms with van der Waals surface area (Å²) >= 11 is 1.64.